The van der Waals surface area contributed by atoms with Gasteiger partial charge in [0.05, 0.1) is 0 Å². The molecule has 0 amide bonds. The van der Waals surface area contributed by atoms with Crippen molar-refractivity contribution in [2.24, 2.45) is 0 Å². The smallest absolute Gasteiger partial charge is 0.354 e. The summed E-state index contributed by atoms with van der Waals surface area (Å²) in [6.45, 7) is 2.03. The molecule has 1 aromatic rings. The molecule has 0 radical (unpaired) electrons. The minimum atomic E-state index is -0.955. The number of carboxylic acid groups (broad SMARTS) is 1. The summed E-state index contributed by atoms with van der Waals surface area (Å²) >= 11 is 0. The van der Waals surface area contributed by atoms with E-state index in [2.05, 4.69) is 16.9 Å². The van der Waals surface area contributed by atoms with E-state index in [0.717, 1.165) is 25.2 Å². The summed E-state index contributed by atoms with van der Waals surface area (Å²) in [4.78, 5) is 17.2. The van der Waals surface area contributed by atoms with E-state index >= 15 is 0 Å². The monoisotopic (exact) mass is 206 g/mol. The normalized spacial score (nSPS) is 21.8. The molecule has 4 heteroatoms. The molecule has 80 valence electrons. The fourth-order valence-corrected chi connectivity index (χ4v) is 1.97. The van der Waals surface area contributed by atoms with Gasteiger partial charge in [0.2, 0.25) is 0 Å². The first kappa shape index (κ1) is 10.1. The second-order valence-corrected chi connectivity index (χ2v) is 4.00. The summed E-state index contributed by atoms with van der Waals surface area (Å²) in [6, 6.07) is 5.21. The predicted octanol–water partition coefficient (Wildman–Crippen LogP) is 1.20. The number of likely N-dealkylation sites (N-methyl/N-ethyl adjacent to an activating group) is 1. The van der Waals surface area contributed by atoms with Crippen LogP contribution < -0.4 is 0 Å². The van der Waals surface area contributed by atoms with Gasteiger partial charge in [0.15, 0.2) is 0 Å². The Balaban J connectivity index is 2.21. The van der Waals surface area contributed by atoms with Crippen LogP contribution in [0, 0.1) is 0 Å². The highest BCUT2D eigenvalue weighted by molar-refractivity contribution is 5.85. The number of pyridine rings is 1. The summed E-state index contributed by atoms with van der Waals surface area (Å²) in [6.07, 6.45) is 1.06. The molecule has 2 rings (SSSR count). The molecule has 0 bridgehead atoms. The molecule has 4 nitrogen and oxygen atoms in total. The second kappa shape index (κ2) is 3.98. The summed E-state index contributed by atoms with van der Waals surface area (Å²) in [5, 5.41) is 8.83. The van der Waals surface area contributed by atoms with Crippen LogP contribution in [0.1, 0.15) is 28.5 Å². The third kappa shape index (κ3) is 2.15. The topological polar surface area (TPSA) is 53.4 Å². The average molecular weight is 206 g/mol. The van der Waals surface area contributed by atoms with Crippen LogP contribution in [0.3, 0.4) is 0 Å². The van der Waals surface area contributed by atoms with Gasteiger partial charge in [0, 0.05) is 18.2 Å². The van der Waals surface area contributed by atoms with E-state index < -0.39 is 5.97 Å². The maximum Gasteiger partial charge on any atom is 0.354 e. The molecule has 1 fully saturated rings. The maximum absolute atomic E-state index is 10.8. The summed E-state index contributed by atoms with van der Waals surface area (Å²) in [5.74, 6) is -0.572. The Labute approximate surface area is 88.6 Å². The molecule has 1 unspecified atom stereocenters. The van der Waals surface area contributed by atoms with Crippen LogP contribution in [-0.4, -0.2) is 41.1 Å². The van der Waals surface area contributed by atoms with E-state index in [9.17, 15) is 4.79 Å². The van der Waals surface area contributed by atoms with Gasteiger partial charge in [0.1, 0.15) is 5.69 Å². The lowest BCUT2D eigenvalue weighted by Gasteiger charge is -2.10. The van der Waals surface area contributed by atoms with Crippen molar-refractivity contribution in [3.05, 3.63) is 29.6 Å². The molecule has 1 aliphatic heterocycles. The molecule has 1 N–H and O–H groups in total. The van der Waals surface area contributed by atoms with E-state index in [1.807, 2.05) is 6.07 Å². The zero-order valence-corrected chi connectivity index (χ0v) is 8.68. The van der Waals surface area contributed by atoms with E-state index in [1.54, 1.807) is 6.07 Å². The summed E-state index contributed by atoms with van der Waals surface area (Å²) < 4.78 is 0. The quantitative estimate of drug-likeness (QED) is 0.790. The first-order chi connectivity index (χ1) is 7.16. The Kier molecular flexibility index (Phi) is 2.68. The van der Waals surface area contributed by atoms with Crippen molar-refractivity contribution in [1.82, 2.24) is 9.88 Å². The van der Waals surface area contributed by atoms with Gasteiger partial charge in [-0.05, 0) is 32.1 Å². The van der Waals surface area contributed by atoms with Gasteiger partial charge < -0.3 is 10.0 Å². The predicted molar refractivity (Wildman–Crippen MR) is 56.1 cm³/mol. The summed E-state index contributed by atoms with van der Waals surface area (Å²) in [7, 11) is 2.07. The highest BCUT2D eigenvalue weighted by Crippen LogP contribution is 2.24. The Hall–Kier alpha value is -1.42. The number of nitrogens with zero attached hydrogens (tertiary/aromatic N) is 2. The van der Waals surface area contributed by atoms with Gasteiger partial charge in [-0.1, -0.05) is 6.07 Å². The molecule has 0 spiro atoms. The van der Waals surface area contributed by atoms with Crippen molar-refractivity contribution in [3.8, 4) is 0 Å². The van der Waals surface area contributed by atoms with Crippen molar-refractivity contribution < 1.29 is 9.90 Å². The Bertz CT molecular complexity index is 379. The molecular formula is C11H14N2O2. The van der Waals surface area contributed by atoms with E-state index in [0.29, 0.717) is 5.92 Å². The molecule has 2 heterocycles. The number of hydrogen-bond acceptors (Lipinski definition) is 3. The van der Waals surface area contributed by atoms with Crippen LogP contribution in [0.5, 0.6) is 0 Å². The average Bonchev–Trinajstić information content (AvgIpc) is 2.65. The fourth-order valence-electron chi connectivity index (χ4n) is 1.97. The van der Waals surface area contributed by atoms with Gasteiger partial charge in [-0.25, -0.2) is 9.78 Å². The molecule has 1 saturated heterocycles. The first-order valence-electron chi connectivity index (χ1n) is 5.05. The van der Waals surface area contributed by atoms with Crippen LogP contribution in [-0.2, 0) is 0 Å². The Morgan fingerprint density at radius 1 is 1.60 bits per heavy atom. The van der Waals surface area contributed by atoms with Crippen LogP contribution >= 0.6 is 0 Å². The minimum absolute atomic E-state index is 0.141. The standard InChI is InChI=1S/C11H14N2O2/c1-13-6-5-8(7-13)9-3-2-4-10(12-9)11(14)15/h2-4,8H,5-7H2,1H3,(H,14,15). The van der Waals surface area contributed by atoms with E-state index in [1.165, 1.54) is 6.07 Å². The highest BCUT2D eigenvalue weighted by atomic mass is 16.4. The van der Waals surface area contributed by atoms with E-state index in [-0.39, 0.29) is 5.69 Å². The van der Waals surface area contributed by atoms with Crippen LogP contribution in [0.4, 0.5) is 0 Å². The Morgan fingerprint density at radius 3 is 3.00 bits per heavy atom. The van der Waals surface area contributed by atoms with Crippen molar-refractivity contribution >= 4 is 5.97 Å². The number of aromatic carboxylic acids is 1. The minimum Gasteiger partial charge on any atom is -0.477 e. The molecule has 1 aromatic heterocycles. The zero-order valence-electron chi connectivity index (χ0n) is 8.68. The SMILES string of the molecule is CN1CCC(c2cccc(C(=O)O)n2)C1. The maximum atomic E-state index is 10.8. The number of rotatable bonds is 2. The van der Waals surface area contributed by atoms with Crippen LogP contribution in [0.25, 0.3) is 0 Å². The molecular weight excluding hydrogens is 192 g/mol. The van der Waals surface area contributed by atoms with Crippen LogP contribution in [0.15, 0.2) is 18.2 Å². The van der Waals surface area contributed by atoms with Gasteiger partial charge in [-0.2, -0.15) is 0 Å². The number of hydrogen-bond donors (Lipinski definition) is 1. The number of likely N-dealkylation sites (tertiary alicyclic amines) is 1. The molecule has 1 atom stereocenters. The second-order valence-electron chi connectivity index (χ2n) is 4.00. The van der Waals surface area contributed by atoms with Crippen LogP contribution in [0.2, 0.25) is 0 Å². The molecule has 1 aliphatic rings. The zero-order chi connectivity index (χ0) is 10.8. The molecule has 0 aliphatic carbocycles. The number of aromatic nitrogens is 1. The molecule has 0 saturated carbocycles. The van der Waals surface area contributed by atoms with Gasteiger partial charge in [-0.3, -0.25) is 0 Å². The highest BCUT2D eigenvalue weighted by Gasteiger charge is 2.22. The fraction of sp³-hybridized carbons (Fsp3) is 0.455. The third-order valence-corrected chi connectivity index (χ3v) is 2.80. The van der Waals surface area contributed by atoms with Crippen molar-refractivity contribution in [2.45, 2.75) is 12.3 Å². The number of carboxylic acids is 1. The lowest BCUT2D eigenvalue weighted by atomic mass is 10.0. The van der Waals surface area contributed by atoms with Gasteiger partial charge >= 0.3 is 5.97 Å². The van der Waals surface area contributed by atoms with Gasteiger partial charge in [-0.15, -0.1) is 0 Å². The van der Waals surface area contributed by atoms with Crippen molar-refractivity contribution in [3.63, 3.8) is 0 Å². The van der Waals surface area contributed by atoms with Gasteiger partial charge in [0.25, 0.3) is 0 Å². The lowest BCUT2D eigenvalue weighted by Crippen LogP contribution is -2.14. The summed E-state index contributed by atoms with van der Waals surface area (Å²) in [5.41, 5.74) is 1.04. The lowest BCUT2D eigenvalue weighted by molar-refractivity contribution is 0.0690. The van der Waals surface area contributed by atoms with E-state index in [4.69, 9.17) is 5.11 Å². The Morgan fingerprint density at radius 2 is 2.40 bits per heavy atom. The molecule has 0 aromatic carbocycles. The first-order valence-corrected chi connectivity index (χ1v) is 5.05. The third-order valence-electron chi connectivity index (χ3n) is 2.80. The molecule has 15 heavy (non-hydrogen) atoms. The van der Waals surface area contributed by atoms with Crippen molar-refractivity contribution in [1.29, 1.82) is 0 Å². The van der Waals surface area contributed by atoms with Crippen molar-refractivity contribution in [2.75, 3.05) is 20.1 Å². The largest absolute Gasteiger partial charge is 0.477 e. The number of carbonyl (C=O) groups is 1.